The predicted molar refractivity (Wildman–Crippen MR) is 99.9 cm³/mol. The highest BCUT2D eigenvalue weighted by atomic mass is 16.5. The molecule has 2 aromatic carbocycles. The second kappa shape index (κ2) is 8.96. The van der Waals surface area contributed by atoms with Gasteiger partial charge in [-0.2, -0.15) is 0 Å². The molecule has 4 nitrogen and oxygen atoms in total. The third-order valence-corrected chi connectivity index (χ3v) is 3.88. The Bertz CT molecular complexity index is 644. The van der Waals surface area contributed by atoms with Crippen LogP contribution in [-0.4, -0.2) is 19.1 Å². The average molecular weight is 326 g/mol. The van der Waals surface area contributed by atoms with Crippen molar-refractivity contribution in [2.45, 2.75) is 33.6 Å². The first-order chi connectivity index (χ1) is 11.7. The van der Waals surface area contributed by atoms with Crippen LogP contribution in [0, 0.1) is 0 Å². The average Bonchev–Trinajstić information content (AvgIpc) is 2.61. The normalized spacial score (nSPS) is 10.3. The van der Waals surface area contributed by atoms with Gasteiger partial charge >= 0.3 is 0 Å². The van der Waals surface area contributed by atoms with Gasteiger partial charge in [0.1, 0.15) is 5.75 Å². The summed E-state index contributed by atoms with van der Waals surface area (Å²) in [4.78, 5) is 12.3. The molecule has 4 heteroatoms. The van der Waals surface area contributed by atoms with E-state index < -0.39 is 0 Å². The number of hydrogen-bond donors (Lipinski definition) is 2. The number of aryl methyl sites for hydroxylation is 2. The highest BCUT2D eigenvalue weighted by Crippen LogP contribution is 2.22. The van der Waals surface area contributed by atoms with Gasteiger partial charge in [0.25, 0.3) is 0 Å². The van der Waals surface area contributed by atoms with E-state index in [9.17, 15) is 4.79 Å². The van der Waals surface area contributed by atoms with Gasteiger partial charge in [-0.05, 0) is 55.2 Å². The summed E-state index contributed by atoms with van der Waals surface area (Å²) in [5, 5.41) is 6.20. The zero-order chi connectivity index (χ0) is 17.4. The Morgan fingerprint density at radius 2 is 1.58 bits per heavy atom. The predicted octanol–water partition coefficient (Wildman–Crippen LogP) is 4.26. The summed E-state index contributed by atoms with van der Waals surface area (Å²) in [5.41, 5.74) is 4.20. The molecule has 0 heterocycles. The Balaban J connectivity index is 1.96. The lowest BCUT2D eigenvalue weighted by atomic mass is 10.0. The van der Waals surface area contributed by atoms with Crippen LogP contribution < -0.4 is 15.4 Å². The molecule has 0 spiro atoms. The van der Waals surface area contributed by atoms with Crippen molar-refractivity contribution in [3.8, 4) is 5.75 Å². The summed E-state index contributed by atoms with van der Waals surface area (Å²) in [6.07, 6.45) is 1.80. The van der Waals surface area contributed by atoms with Crippen LogP contribution in [0.4, 0.5) is 11.4 Å². The van der Waals surface area contributed by atoms with Crippen molar-refractivity contribution in [1.29, 1.82) is 0 Å². The monoisotopic (exact) mass is 326 g/mol. The maximum atomic E-state index is 12.3. The largest absolute Gasteiger partial charge is 0.494 e. The first kappa shape index (κ1) is 17.9. The number of amides is 1. The summed E-state index contributed by atoms with van der Waals surface area (Å²) in [6, 6.07) is 13.8. The van der Waals surface area contributed by atoms with E-state index in [4.69, 9.17) is 4.74 Å². The third-order valence-electron chi connectivity index (χ3n) is 3.88. The van der Waals surface area contributed by atoms with Crippen molar-refractivity contribution < 1.29 is 9.53 Å². The van der Waals surface area contributed by atoms with E-state index in [0.29, 0.717) is 6.61 Å². The number of rotatable bonds is 8. The molecule has 0 fully saturated rings. The number of ether oxygens (including phenoxy) is 1. The molecule has 1 amide bonds. The van der Waals surface area contributed by atoms with Crippen LogP contribution in [0.1, 0.15) is 31.9 Å². The van der Waals surface area contributed by atoms with E-state index in [1.165, 1.54) is 11.1 Å². The maximum Gasteiger partial charge on any atom is 0.243 e. The Kier molecular flexibility index (Phi) is 6.67. The molecule has 0 saturated carbocycles. The first-order valence-corrected chi connectivity index (χ1v) is 8.55. The Labute approximate surface area is 144 Å². The SMILES string of the molecule is CCOc1ccc(NCC(=O)Nc2c(CC)cccc2CC)cc1. The van der Waals surface area contributed by atoms with Gasteiger partial charge in [0.15, 0.2) is 0 Å². The summed E-state index contributed by atoms with van der Waals surface area (Å²) >= 11 is 0. The minimum atomic E-state index is -0.0421. The van der Waals surface area contributed by atoms with Crippen LogP contribution in [0.5, 0.6) is 5.75 Å². The fraction of sp³-hybridized carbons (Fsp3) is 0.350. The van der Waals surface area contributed by atoms with Gasteiger partial charge in [-0.1, -0.05) is 32.0 Å². The highest BCUT2D eigenvalue weighted by Gasteiger charge is 2.09. The number of carbonyl (C=O) groups is 1. The number of carbonyl (C=O) groups excluding carboxylic acids is 1. The molecule has 0 aliphatic heterocycles. The second-order valence-electron chi connectivity index (χ2n) is 5.52. The van der Waals surface area contributed by atoms with E-state index in [1.54, 1.807) is 0 Å². The van der Waals surface area contributed by atoms with Crippen LogP contribution >= 0.6 is 0 Å². The molecule has 128 valence electrons. The quantitative estimate of drug-likeness (QED) is 0.762. The highest BCUT2D eigenvalue weighted by molar-refractivity contribution is 5.95. The van der Waals surface area contributed by atoms with E-state index in [1.807, 2.05) is 37.3 Å². The van der Waals surface area contributed by atoms with Gasteiger partial charge in [-0.3, -0.25) is 4.79 Å². The van der Waals surface area contributed by atoms with Crippen LogP contribution in [0.25, 0.3) is 0 Å². The topological polar surface area (TPSA) is 50.4 Å². The Hall–Kier alpha value is -2.49. The molecule has 24 heavy (non-hydrogen) atoms. The molecule has 0 aliphatic rings. The van der Waals surface area contributed by atoms with E-state index in [2.05, 4.69) is 36.6 Å². The van der Waals surface area contributed by atoms with Crippen molar-refractivity contribution in [3.63, 3.8) is 0 Å². The molecule has 0 atom stereocenters. The van der Waals surface area contributed by atoms with Crippen molar-refractivity contribution in [2.75, 3.05) is 23.8 Å². The van der Waals surface area contributed by atoms with E-state index >= 15 is 0 Å². The second-order valence-corrected chi connectivity index (χ2v) is 5.52. The number of nitrogens with one attached hydrogen (secondary N) is 2. The fourth-order valence-corrected chi connectivity index (χ4v) is 2.60. The molecule has 0 bridgehead atoms. The Morgan fingerprint density at radius 3 is 2.12 bits per heavy atom. The molecule has 0 saturated heterocycles. The summed E-state index contributed by atoms with van der Waals surface area (Å²) in [6.45, 7) is 7.03. The molecule has 0 radical (unpaired) electrons. The fourth-order valence-electron chi connectivity index (χ4n) is 2.60. The molecular weight excluding hydrogens is 300 g/mol. The lowest BCUT2D eigenvalue weighted by Crippen LogP contribution is -2.23. The van der Waals surface area contributed by atoms with Gasteiger partial charge in [0, 0.05) is 11.4 Å². The molecule has 0 aromatic heterocycles. The summed E-state index contributed by atoms with van der Waals surface area (Å²) in [7, 11) is 0. The van der Waals surface area contributed by atoms with E-state index in [-0.39, 0.29) is 12.5 Å². The zero-order valence-electron chi connectivity index (χ0n) is 14.7. The van der Waals surface area contributed by atoms with Gasteiger partial charge in [-0.15, -0.1) is 0 Å². The van der Waals surface area contributed by atoms with Crippen molar-refractivity contribution in [2.24, 2.45) is 0 Å². The Morgan fingerprint density at radius 1 is 0.958 bits per heavy atom. The number of benzene rings is 2. The van der Waals surface area contributed by atoms with Gasteiger partial charge < -0.3 is 15.4 Å². The number of para-hydroxylation sites is 1. The summed E-state index contributed by atoms with van der Waals surface area (Å²) in [5.74, 6) is 0.788. The summed E-state index contributed by atoms with van der Waals surface area (Å²) < 4.78 is 5.41. The lowest BCUT2D eigenvalue weighted by molar-refractivity contribution is -0.114. The number of anilines is 2. The maximum absolute atomic E-state index is 12.3. The minimum Gasteiger partial charge on any atom is -0.494 e. The first-order valence-electron chi connectivity index (χ1n) is 8.55. The molecule has 0 aliphatic carbocycles. The smallest absolute Gasteiger partial charge is 0.243 e. The minimum absolute atomic E-state index is 0.0421. The molecule has 2 N–H and O–H groups in total. The van der Waals surface area contributed by atoms with Crippen LogP contribution in [0.3, 0.4) is 0 Å². The molecule has 2 rings (SSSR count). The van der Waals surface area contributed by atoms with Crippen LogP contribution in [0.2, 0.25) is 0 Å². The van der Waals surface area contributed by atoms with E-state index in [0.717, 1.165) is 30.0 Å². The molecule has 2 aromatic rings. The molecule has 0 unspecified atom stereocenters. The van der Waals surface area contributed by atoms with Gasteiger partial charge in [0.05, 0.1) is 13.2 Å². The van der Waals surface area contributed by atoms with Gasteiger partial charge in [-0.25, -0.2) is 0 Å². The van der Waals surface area contributed by atoms with Crippen molar-refractivity contribution in [3.05, 3.63) is 53.6 Å². The lowest BCUT2D eigenvalue weighted by Gasteiger charge is -2.15. The standard InChI is InChI=1S/C20H26N2O2/c1-4-15-8-7-9-16(5-2)20(15)22-19(23)14-21-17-10-12-18(13-11-17)24-6-3/h7-13,21H,4-6,14H2,1-3H3,(H,22,23). The zero-order valence-corrected chi connectivity index (χ0v) is 14.7. The van der Waals surface area contributed by atoms with Crippen LogP contribution in [-0.2, 0) is 17.6 Å². The van der Waals surface area contributed by atoms with Crippen LogP contribution in [0.15, 0.2) is 42.5 Å². The van der Waals surface area contributed by atoms with Crippen molar-refractivity contribution >= 4 is 17.3 Å². The number of hydrogen-bond acceptors (Lipinski definition) is 3. The third kappa shape index (κ3) is 4.75. The van der Waals surface area contributed by atoms with Gasteiger partial charge in [0.2, 0.25) is 5.91 Å². The molecular formula is C20H26N2O2. The van der Waals surface area contributed by atoms with Crippen molar-refractivity contribution in [1.82, 2.24) is 0 Å².